The van der Waals surface area contributed by atoms with E-state index in [9.17, 15) is 19.1 Å². The van der Waals surface area contributed by atoms with Crippen LogP contribution in [0.3, 0.4) is 0 Å². The van der Waals surface area contributed by atoms with Crippen LogP contribution in [0.4, 0.5) is 8.78 Å². The molecule has 0 radical (unpaired) electrons. The molecule has 3 aromatic rings. The van der Waals surface area contributed by atoms with Gasteiger partial charge in [-0.05, 0) is 42.5 Å². The second kappa shape index (κ2) is 7.43. The number of halogens is 2. The van der Waals surface area contributed by atoms with E-state index in [1.54, 1.807) is 10.7 Å². The fourth-order valence-electron chi connectivity index (χ4n) is 5.74. The number of hydrogen-bond acceptors (Lipinski definition) is 5. The van der Waals surface area contributed by atoms with Crippen LogP contribution < -0.4 is 10.4 Å². The lowest BCUT2D eigenvalue weighted by Crippen LogP contribution is -2.58. The van der Waals surface area contributed by atoms with Gasteiger partial charge in [0.2, 0.25) is 5.43 Å². The van der Waals surface area contributed by atoms with E-state index in [1.807, 2.05) is 36.2 Å². The van der Waals surface area contributed by atoms with E-state index in [4.69, 9.17) is 0 Å². The first kappa shape index (κ1) is 21.4. The number of thioether (sulfide) groups is 1. The van der Waals surface area contributed by atoms with Gasteiger partial charge in [-0.3, -0.25) is 19.3 Å². The van der Waals surface area contributed by atoms with Gasteiger partial charge in [0.25, 0.3) is 0 Å². The largest absolute Gasteiger partial charge is 0.503 e. The molecule has 2 unspecified atom stereocenters. The van der Waals surface area contributed by atoms with Crippen molar-refractivity contribution in [2.24, 2.45) is 5.41 Å². The molecule has 2 atom stereocenters. The summed E-state index contributed by atoms with van der Waals surface area (Å²) >= 11 is 1.45. The topological polar surface area (TPSA) is 62.5 Å². The first-order valence-electron chi connectivity index (χ1n) is 11.4. The molecule has 3 aliphatic rings. The Hall–Kier alpha value is -3.13. The van der Waals surface area contributed by atoms with Crippen LogP contribution in [0, 0.1) is 17.0 Å². The molecule has 1 aliphatic carbocycles. The van der Waals surface area contributed by atoms with E-state index >= 15 is 4.39 Å². The van der Waals surface area contributed by atoms with Crippen molar-refractivity contribution >= 4 is 17.5 Å². The van der Waals surface area contributed by atoms with Crippen LogP contribution in [-0.2, 0) is 5.75 Å². The van der Waals surface area contributed by atoms with Gasteiger partial charge < -0.3 is 5.11 Å². The van der Waals surface area contributed by atoms with E-state index < -0.39 is 34.3 Å². The summed E-state index contributed by atoms with van der Waals surface area (Å²) in [5.74, 6) is -2.30. The Morgan fingerprint density at radius 3 is 2.59 bits per heavy atom. The Balaban J connectivity index is 1.69. The number of fused-ring (bicyclic) bond motifs is 3. The van der Waals surface area contributed by atoms with Crippen molar-refractivity contribution in [2.75, 3.05) is 5.01 Å². The molecular formula is C26H22F2N2O3S. The molecule has 1 N–H and O–H groups in total. The lowest BCUT2D eigenvalue weighted by molar-refractivity contribution is 0.0801. The molecule has 2 aliphatic heterocycles. The number of aromatic hydroxyl groups is 1. The monoisotopic (exact) mass is 480 g/mol. The van der Waals surface area contributed by atoms with E-state index in [2.05, 4.69) is 0 Å². The highest BCUT2D eigenvalue weighted by Crippen LogP contribution is 2.58. The summed E-state index contributed by atoms with van der Waals surface area (Å²) in [5.41, 5.74) is 0.445. The Kier molecular flexibility index (Phi) is 4.68. The standard InChI is InChI=1S/C26H22F2N2O3S/c1-2-20-26(10-11-26)25(33)23-24(32)18(31)9-12-29(23)30(20)22-14-7-8-17(27)21(28)16(14)13-34-19-6-4-3-5-15(19)22/h3-9,12,20,22,32H,2,10-11,13H2,1H3. The molecule has 1 spiro atoms. The molecule has 1 fully saturated rings. The Morgan fingerprint density at radius 1 is 1.09 bits per heavy atom. The zero-order valence-corrected chi connectivity index (χ0v) is 19.2. The number of carbonyl (C=O) groups is 1. The van der Waals surface area contributed by atoms with Crippen molar-refractivity contribution in [3.8, 4) is 5.75 Å². The first-order chi connectivity index (χ1) is 16.4. The number of ketones is 1. The van der Waals surface area contributed by atoms with Gasteiger partial charge in [-0.15, -0.1) is 11.8 Å². The van der Waals surface area contributed by atoms with Crippen molar-refractivity contribution in [3.63, 3.8) is 0 Å². The minimum absolute atomic E-state index is 0.0341. The van der Waals surface area contributed by atoms with Crippen LogP contribution in [0.2, 0.25) is 0 Å². The third kappa shape index (κ3) is 2.78. The normalized spacial score (nSPS) is 22.1. The average molecular weight is 481 g/mol. The molecule has 0 amide bonds. The summed E-state index contributed by atoms with van der Waals surface area (Å²) in [5, 5.41) is 12.7. The van der Waals surface area contributed by atoms with Gasteiger partial charge in [0, 0.05) is 28.5 Å². The fourth-order valence-corrected chi connectivity index (χ4v) is 6.85. The van der Waals surface area contributed by atoms with Gasteiger partial charge in [0.15, 0.2) is 28.9 Å². The van der Waals surface area contributed by atoms with Gasteiger partial charge in [-0.1, -0.05) is 31.2 Å². The first-order valence-corrected chi connectivity index (χ1v) is 12.3. The molecular weight excluding hydrogens is 458 g/mol. The summed E-state index contributed by atoms with van der Waals surface area (Å²) in [6.45, 7) is 2.00. The highest BCUT2D eigenvalue weighted by molar-refractivity contribution is 7.98. The zero-order chi connectivity index (χ0) is 23.8. The zero-order valence-electron chi connectivity index (χ0n) is 18.4. The second-order valence-electron chi connectivity index (χ2n) is 9.17. The lowest BCUT2D eigenvalue weighted by atomic mass is 9.82. The van der Waals surface area contributed by atoms with Crippen molar-refractivity contribution in [2.45, 2.75) is 48.9 Å². The van der Waals surface area contributed by atoms with Crippen LogP contribution in [-0.4, -0.2) is 21.6 Å². The van der Waals surface area contributed by atoms with E-state index in [0.717, 1.165) is 16.5 Å². The number of benzene rings is 2. The molecule has 2 aromatic carbocycles. The Labute approximate surface area is 199 Å². The number of nitrogens with zero attached hydrogens (tertiary/aromatic N) is 2. The highest BCUT2D eigenvalue weighted by Gasteiger charge is 2.62. The molecule has 34 heavy (non-hydrogen) atoms. The van der Waals surface area contributed by atoms with Gasteiger partial charge >= 0.3 is 0 Å². The number of rotatable bonds is 2. The predicted molar refractivity (Wildman–Crippen MR) is 125 cm³/mol. The fraction of sp³-hybridized carbons (Fsp3) is 0.308. The van der Waals surface area contributed by atoms with Gasteiger partial charge in [0.1, 0.15) is 0 Å². The quantitative estimate of drug-likeness (QED) is 0.564. The molecule has 0 saturated heterocycles. The maximum atomic E-state index is 15.1. The second-order valence-corrected chi connectivity index (χ2v) is 10.2. The van der Waals surface area contributed by atoms with E-state index in [1.165, 1.54) is 24.0 Å². The van der Waals surface area contributed by atoms with E-state index in [-0.39, 0.29) is 28.8 Å². The van der Waals surface area contributed by atoms with Gasteiger partial charge in [-0.25, -0.2) is 8.78 Å². The van der Waals surface area contributed by atoms with E-state index in [0.29, 0.717) is 24.8 Å². The van der Waals surface area contributed by atoms with Gasteiger partial charge in [-0.2, -0.15) is 0 Å². The van der Waals surface area contributed by atoms with Crippen molar-refractivity contribution < 1.29 is 18.7 Å². The molecule has 8 heteroatoms. The van der Waals surface area contributed by atoms with Crippen molar-refractivity contribution in [3.05, 3.63) is 92.9 Å². The van der Waals surface area contributed by atoms with Crippen molar-refractivity contribution in [1.29, 1.82) is 0 Å². The van der Waals surface area contributed by atoms with Crippen LogP contribution in [0.25, 0.3) is 0 Å². The summed E-state index contributed by atoms with van der Waals surface area (Å²) in [6, 6.07) is 10.9. The molecule has 174 valence electrons. The third-order valence-corrected chi connectivity index (χ3v) is 8.60. The minimum atomic E-state index is -0.898. The molecule has 5 nitrogen and oxygen atoms in total. The SMILES string of the molecule is CCC1N(C2c3ccccc3SCc3c2ccc(F)c3F)n2ccc(=O)c(O)c2C(=O)C12CC2. The van der Waals surface area contributed by atoms with Gasteiger partial charge in [0.05, 0.1) is 17.5 Å². The van der Waals surface area contributed by atoms with Crippen LogP contribution in [0.5, 0.6) is 5.75 Å². The summed E-state index contributed by atoms with van der Waals surface area (Å²) < 4.78 is 31.0. The summed E-state index contributed by atoms with van der Waals surface area (Å²) in [4.78, 5) is 26.8. The number of pyridine rings is 1. The Bertz CT molecular complexity index is 1420. The van der Waals surface area contributed by atoms with Crippen molar-refractivity contribution in [1.82, 2.24) is 4.68 Å². The number of Topliss-reactive ketones (excluding diaryl/α,β-unsaturated/α-hetero) is 1. The minimum Gasteiger partial charge on any atom is -0.503 e. The number of aromatic nitrogens is 1. The molecule has 0 bridgehead atoms. The van der Waals surface area contributed by atoms with Crippen LogP contribution in [0.1, 0.15) is 59.4 Å². The smallest absolute Gasteiger partial charge is 0.224 e. The van der Waals surface area contributed by atoms with Crippen LogP contribution in [0.15, 0.2) is 58.4 Å². The molecule has 1 aromatic heterocycles. The lowest BCUT2D eigenvalue weighted by Gasteiger charge is -2.48. The predicted octanol–water partition coefficient (Wildman–Crippen LogP) is 4.92. The molecule has 3 heterocycles. The maximum absolute atomic E-state index is 15.1. The molecule has 6 rings (SSSR count). The highest BCUT2D eigenvalue weighted by atomic mass is 32.2. The number of carbonyl (C=O) groups excluding carboxylic acids is 1. The Morgan fingerprint density at radius 2 is 1.85 bits per heavy atom. The summed E-state index contributed by atoms with van der Waals surface area (Å²) in [6.07, 6.45) is 3.44. The maximum Gasteiger partial charge on any atom is 0.224 e. The van der Waals surface area contributed by atoms with Crippen LogP contribution >= 0.6 is 11.8 Å². The third-order valence-electron chi connectivity index (χ3n) is 7.48. The average Bonchev–Trinajstić information content (AvgIpc) is 3.64. The molecule has 1 saturated carbocycles. The number of hydrogen-bond donors (Lipinski definition) is 1. The summed E-state index contributed by atoms with van der Waals surface area (Å²) in [7, 11) is 0.